The smallest absolute Gasteiger partial charge is 0.231 e. The molecule has 1 heterocycles. The zero-order chi connectivity index (χ0) is 14.5. The minimum atomic E-state index is -0.211. The highest BCUT2D eigenvalue weighted by Gasteiger charge is 2.15. The highest BCUT2D eigenvalue weighted by molar-refractivity contribution is 5.95. The Hall–Kier alpha value is -2.36. The maximum absolute atomic E-state index is 12.2. The molecular formula is C16H18N2O2. The summed E-state index contributed by atoms with van der Waals surface area (Å²) in [4.78, 5) is 16.3. The third kappa shape index (κ3) is 3.35. The molecule has 0 spiro atoms. The molecule has 1 unspecified atom stereocenters. The molecule has 2 aromatic rings. The first-order valence-electron chi connectivity index (χ1n) is 6.47. The van der Waals surface area contributed by atoms with Crippen LogP contribution in [0.4, 0.5) is 5.69 Å². The summed E-state index contributed by atoms with van der Waals surface area (Å²) in [5.74, 6) is 0.259. The van der Waals surface area contributed by atoms with E-state index in [1.54, 1.807) is 25.4 Å². The maximum atomic E-state index is 12.2. The largest absolute Gasteiger partial charge is 0.481 e. The van der Waals surface area contributed by atoms with Gasteiger partial charge in [-0.15, -0.1) is 0 Å². The highest BCUT2D eigenvalue weighted by Crippen LogP contribution is 2.19. The Morgan fingerprint density at radius 2 is 2.10 bits per heavy atom. The molecule has 0 aliphatic heterocycles. The summed E-state index contributed by atoms with van der Waals surface area (Å²) in [5, 5.41) is 2.85. The average molecular weight is 270 g/mol. The molecule has 1 N–H and O–H groups in total. The number of aryl methyl sites for hydroxylation is 1. The number of carbonyl (C=O) groups excluding carboxylic acids is 1. The highest BCUT2D eigenvalue weighted by atomic mass is 16.5. The number of ether oxygens (including phenoxy) is 1. The van der Waals surface area contributed by atoms with Crippen LogP contribution in [-0.2, 0) is 4.79 Å². The predicted molar refractivity (Wildman–Crippen MR) is 79.0 cm³/mol. The molecule has 4 heteroatoms. The standard InChI is InChI=1S/C16H18N2O2/c1-11-5-4-6-13(9-11)12(2)16(19)18-14-7-8-15(20-3)17-10-14/h4-10,12H,1-3H3,(H,18,19). The van der Waals surface area contributed by atoms with Crippen LogP contribution in [0.15, 0.2) is 42.6 Å². The van der Waals surface area contributed by atoms with Crippen LogP contribution in [0.5, 0.6) is 5.88 Å². The Labute approximate surface area is 118 Å². The first kappa shape index (κ1) is 14.1. The normalized spacial score (nSPS) is 11.8. The van der Waals surface area contributed by atoms with Crippen LogP contribution in [0.2, 0.25) is 0 Å². The van der Waals surface area contributed by atoms with Gasteiger partial charge in [0.05, 0.1) is 24.9 Å². The molecule has 1 aromatic heterocycles. The lowest BCUT2D eigenvalue weighted by atomic mass is 9.98. The van der Waals surface area contributed by atoms with Crippen molar-refractivity contribution in [3.05, 3.63) is 53.7 Å². The van der Waals surface area contributed by atoms with Crippen LogP contribution in [0.25, 0.3) is 0 Å². The number of pyridine rings is 1. The van der Waals surface area contributed by atoms with Crippen molar-refractivity contribution in [2.24, 2.45) is 0 Å². The number of carbonyl (C=O) groups is 1. The van der Waals surface area contributed by atoms with Crippen molar-refractivity contribution in [1.29, 1.82) is 0 Å². The van der Waals surface area contributed by atoms with E-state index in [0.717, 1.165) is 11.1 Å². The lowest BCUT2D eigenvalue weighted by Gasteiger charge is -2.13. The van der Waals surface area contributed by atoms with Crippen molar-refractivity contribution in [3.63, 3.8) is 0 Å². The molecule has 104 valence electrons. The van der Waals surface area contributed by atoms with Gasteiger partial charge < -0.3 is 10.1 Å². The molecule has 4 nitrogen and oxygen atoms in total. The molecule has 20 heavy (non-hydrogen) atoms. The molecule has 0 saturated carbocycles. The molecule has 0 fully saturated rings. The molecule has 1 amide bonds. The van der Waals surface area contributed by atoms with Gasteiger partial charge in [-0.2, -0.15) is 0 Å². The molecule has 0 aliphatic rings. The Morgan fingerprint density at radius 1 is 1.30 bits per heavy atom. The van der Waals surface area contributed by atoms with E-state index >= 15 is 0 Å². The zero-order valence-electron chi connectivity index (χ0n) is 11.9. The summed E-state index contributed by atoms with van der Waals surface area (Å²) >= 11 is 0. The number of nitrogens with one attached hydrogen (secondary N) is 1. The van der Waals surface area contributed by atoms with E-state index in [4.69, 9.17) is 4.74 Å². The lowest BCUT2D eigenvalue weighted by Crippen LogP contribution is -2.19. The predicted octanol–water partition coefficient (Wildman–Crippen LogP) is 3.14. The third-order valence-electron chi connectivity index (χ3n) is 3.15. The molecule has 2 rings (SSSR count). The number of amides is 1. The van der Waals surface area contributed by atoms with Crippen molar-refractivity contribution >= 4 is 11.6 Å². The second-order valence-corrected chi connectivity index (χ2v) is 4.71. The molecule has 0 aliphatic carbocycles. The maximum Gasteiger partial charge on any atom is 0.231 e. The first-order valence-corrected chi connectivity index (χ1v) is 6.47. The van der Waals surface area contributed by atoms with Crippen molar-refractivity contribution < 1.29 is 9.53 Å². The lowest BCUT2D eigenvalue weighted by molar-refractivity contribution is -0.117. The number of benzene rings is 1. The third-order valence-corrected chi connectivity index (χ3v) is 3.15. The van der Waals surface area contributed by atoms with Gasteiger partial charge in [-0.05, 0) is 25.5 Å². The van der Waals surface area contributed by atoms with Crippen molar-refractivity contribution in [2.75, 3.05) is 12.4 Å². The fourth-order valence-electron chi connectivity index (χ4n) is 1.92. The van der Waals surface area contributed by atoms with Gasteiger partial charge in [0, 0.05) is 6.07 Å². The van der Waals surface area contributed by atoms with Gasteiger partial charge in [0.15, 0.2) is 0 Å². The molecule has 1 aromatic carbocycles. The molecular weight excluding hydrogens is 252 g/mol. The SMILES string of the molecule is COc1ccc(NC(=O)C(C)c2cccc(C)c2)cn1. The second kappa shape index (κ2) is 6.19. The van der Waals surface area contributed by atoms with E-state index in [0.29, 0.717) is 11.6 Å². The van der Waals surface area contributed by atoms with Gasteiger partial charge in [-0.3, -0.25) is 4.79 Å². The molecule has 0 bridgehead atoms. The number of hydrogen-bond acceptors (Lipinski definition) is 3. The Morgan fingerprint density at radius 3 is 2.70 bits per heavy atom. The van der Waals surface area contributed by atoms with Crippen molar-refractivity contribution in [1.82, 2.24) is 4.98 Å². The number of rotatable bonds is 4. The van der Waals surface area contributed by atoms with Gasteiger partial charge in [-0.25, -0.2) is 4.98 Å². The summed E-state index contributed by atoms with van der Waals surface area (Å²) < 4.78 is 4.98. The van der Waals surface area contributed by atoms with Gasteiger partial charge in [-0.1, -0.05) is 29.8 Å². The Balaban J connectivity index is 2.07. The summed E-state index contributed by atoms with van der Waals surface area (Å²) in [6, 6.07) is 11.4. The second-order valence-electron chi connectivity index (χ2n) is 4.71. The van der Waals surface area contributed by atoms with Crippen molar-refractivity contribution in [2.45, 2.75) is 19.8 Å². The fourth-order valence-corrected chi connectivity index (χ4v) is 1.92. The number of hydrogen-bond donors (Lipinski definition) is 1. The van der Waals surface area contributed by atoms with E-state index in [2.05, 4.69) is 10.3 Å². The van der Waals surface area contributed by atoms with Gasteiger partial charge in [0.1, 0.15) is 0 Å². The van der Waals surface area contributed by atoms with E-state index in [9.17, 15) is 4.79 Å². The molecule has 0 radical (unpaired) electrons. The minimum absolute atomic E-state index is 0.0532. The molecule has 0 saturated heterocycles. The monoisotopic (exact) mass is 270 g/mol. The Kier molecular flexibility index (Phi) is 4.35. The van der Waals surface area contributed by atoms with E-state index in [1.807, 2.05) is 38.1 Å². The van der Waals surface area contributed by atoms with Gasteiger partial charge in [0.2, 0.25) is 11.8 Å². The first-order chi connectivity index (χ1) is 9.60. The molecule has 1 atom stereocenters. The van der Waals surface area contributed by atoms with Gasteiger partial charge in [0.25, 0.3) is 0 Å². The van der Waals surface area contributed by atoms with Crippen LogP contribution in [0.3, 0.4) is 0 Å². The van der Waals surface area contributed by atoms with Crippen molar-refractivity contribution in [3.8, 4) is 5.88 Å². The van der Waals surface area contributed by atoms with E-state index in [-0.39, 0.29) is 11.8 Å². The van der Waals surface area contributed by atoms with E-state index in [1.165, 1.54) is 0 Å². The number of aromatic nitrogens is 1. The topological polar surface area (TPSA) is 51.2 Å². The summed E-state index contributed by atoms with van der Waals surface area (Å²) in [6.07, 6.45) is 1.58. The van der Waals surface area contributed by atoms with Crippen LogP contribution < -0.4 is 10.1 Å². The summed E-state index contributed by atoms with van der Waals surface area (Å²) in [7, 11) is 1.56. The quantitative estimate of drug-likeness (QED) is 0.928. The number of anilines is 1. The van der Waals surface area contributed by atoms with Crippen LogP contribution >= 0.6 is 0 Å². The van der Waals surface area contributed by atoms with Crippen LogP contribution in [0, 0.1) is 6.92 Å². The summed E-state index contributed by atoms with van der Waals surface area (Å²) in [5.41, 5.74) is 2.81. The van der Waals surface area contributed by atoms with Gasteiger partial charge >= 0.3 is 0 Å². The van der Waals surface area contributed by atoms with Crippen LogP contribution in [-0.4, -0.2) is 18.0 Å². The average Bonchev–Trinajstić information content (AvgIpc) is 2.47. The zero-order valence-corrected chi connectivity index (χ0v) is 11.9. The van der Waals surface area contributed by atoms with E-state index < -0.39 is 0 Å². The number of methoxy groups -OCH3 is 1. The Bertz CT molecular complexity index is 594. The fraction of sp³-hybridized carbons (Fsp3) is 0.250. The summed E-state index contributed by atoms with van der Waals surface area (Å²) in [6.45, 7) is 3.91. The van der Waals surface area contributed by atoms with Crippen LogP contribution in [0.1, 0.15) is 24.0 Å². The minimum Gasteiger partial charge on any atom is -0.481 e. The number of nitrogens with zero attached hydrogens (tertiary/aromatic N) is 1.